The molecule has 0 bridgehead atoms. The lowest BCUT2D eigenvalue weighted by molar-refractivity contribution is 0.139. The van der Waals surface area contributed by atoms with Gasteiger partial charge in [-0.15, -0.1) is 11.3 Å². The molecule has 4 nitrogen and oxygen atoms in total. The normalized spacial score (nSPS) is 17.4. The lowest BCUT2D eigenvalue weighted by atomic mass is 9.98. The number of hydrogen-bond donors (Lipinski definition) is 1. The molecule has 19 heavy (non-hydrogen) atoms. The van der Waals surface area contributed by atoms with E-state index in [4.69, 9.17) is 9.72 Å². The summed E-state index contributed by atoms with van der Waals surface area (Å²) in [5.41, 5.74) is 1.16. The van der Waals surface area contributed by atoms with Crippen molar-refractivity contribution in [3.63, 3.8) is 0 Å². The molecule has 1 saturated heterocycles. The molecule has 0 unspecified atom stereocenters. The second-order valence-corrected chi connectivity index (χ2v) is 6.38. The lowest BCUT2D eigenvalue weighted by Gasteiger charge is -2.31. The highest BCUT2D eigenvalue weighted by molar-refractivity contribution is 7.13. The second-order valence-electron chi connectivity index (χ2n) is 5.54. The second kappa shape index (κ2) is 7.22. The summed E-state index contributed by atoms with van der Waals surface area (Å²) in [7, 11) is 1.79. The van der Waals surface area contributed by atoms with Crippen LogP contribution in [-0.4, -0.2) is 37.8 Å². The first-order valence-electron chi connectivity index (χ1n) is 7.10. The van der Waals surface area contributed by atoms with E-state index in [1.54, 1.807) is 18.4 Å². The van der Waals surface area contributed by atoms with E-state index < -0.39 is 0 Å². The van der Waals surface area contributed by atoms with Crippen molar-refractivity contribution in [1.82, 2.24) is 10.3 Å². The summed E-state index contributed by atoms with van der Waals surface area (Å²) >= 11 is 1.77. The summed E-state index contributed by atoms with van der Waals surface area (Å²) in [6, 6.07) is 0.509. The molecule has 0 aromatic carbocycles. The molecule has 108 valence electrons. The van der Waals surface area contributed by atoms with Crippen LogP contribution in [0.1, 0.15) is 32.4 Å². The van der Waals surface area contributed by atoms with Gasteiger partial charge < -0.3 is 15.0 Å². The van der Waals surface area contributed by atoms with Crippen molar-refractivity contribution in [3.05, 3.63) is 11.1 Å². The number of thiazole rings is 1. The fourth-order valence-corrected chi connectivity index (χ4v) is 3.24. The molecule has 1 aliphatic rings. The molecule has 2 heterocycles. The molecule has 0 amide bonds. The Labute approximate surface area is 120 Å². The molecule has 2 rings (SSSR count). The Balaban J connectivity index is 1.82. The zero-order valence-electron chi connectivity index (χ0n) is 12.2. The van der Waals surface area contributed by atoms with Crippen LogP contribution < -0.4 is 10.2 Å². The van der Waals surface area contributed by atoms with E-state index in [-0.39, 0.29) is 0 Å². The minimum Gasteiger partial charge on any atom is -0.384 e. The SMILES string of the molecule is COCC1CCN(c2nc(CNC(C)C)cs2)CC1. The third-order valence-electron chi connectivity index (χ3n) is 3.52. The van der Waals surface area contributed by atoms with Crippen LogP contribution in [-0.2, 0) is 11.3 Å². The van der Waals surface area contributed by atoms with Crippen molar-refractivity contribution in [2.75, 3.05) is 31.7 Å². The van der Waals surface area contributed by atoms with Gasteiger partial charge in [0, 0.05) is 44.8 Å². The number of rotatable bonds is 6. The largest absolute Gasteiger partial charge is 0.384 e. The molecule has 0 aliphatic carbocycles. The van der Waals surface area contributed by atoms with E-state index in [0.717, 1.165) is 37.9 Å². The summed E-state index contributed by atoms with van der Waals surface area (Å²) in [5, 5.41) is 6.76. The third-order valence-corrected chi connectivity index (χ3v) is 4.47. The molecule has 1 N–H and O–H groups in total. The summed E-state index contributed by atoms with van der Waals surface area (Å²) in [6.45, 7) is 8.31. The monoisotopic (exact) mass is 283 g/mol. The number of piperidine rings is 1. The predicted octanol–water partition coefficient (Wildman–Crippen LogP) is 2.50. The predicted molar refractivity (Wildman–Crippen MR) is 80.9 cm³/mol. The van der Waals surface area contributed by atoms with Gasteiger partial charge in [-0.2, -0.15) is 0 Å². The summed E-state index contributed by atoms with van der Waals surface area (Å²) in [4.78, 5) is 7.14. The van der Waals surface area contributed by atoms with Gasteiger partial charge in [-0.25, -0.2) is 4.98 Å². The summed E-state index contributed by atoms with van der Waals surface area (Å²) in [5.74, 6) is 0.725. The first-order chi connectivity index (χ1) is 9.19. The van der Waals surface area contributed by atoms with Crippen LogP contribution in [0.3, 0.4) is 0 Å². The van der Waals surface area contributed by atoms with E-state index in [2.05, 4.69) is 29.4 Å². The van der Waals surface area contributed by atoms with E-state index in [1.165, 1.54) is 18.0 Å². The minimum atomic E-state index is 0.509. The van der Waals surface area contributed by atoms with Crippen LogP contribution >= 0.6 is 11.3 Å². The van der Waals surface area contributed by atoms with Gasteiger partial charge in [0.1, 0.15) is 0 Å². The maximum Gasteiger partial charge on any atom is 0.185 e. The minimum absolute atomic E-state index is 0.509. The average Bonchev–Trinajstić information content (AvgIpc) is 2.86. The Morgan fingerprint density at radius 3 is 2.84 bits per heavy atom. The van der Waals surface area contributed by atoms with Crippen molar-refractivity contribution in [2.45, 2.75) is 39.3 Å². The fourth-order valence-electron chi connectivity index (χ4n) is 2.36. The van der Waals surface area contributed by atoms with Crippen LogP contribution in [0.15, 0.2) is 5.38 Å². The van der Waals surface area contributed by atoms with Crippen molar-refractivity contribution < 1.29 is 4.74 Å². The Bertz CT molecular complexity index is 373. The van der Waals surface area contributed by atoms with Gasteiger partial charge in [0.25, 0.3) is 0 Å². The maximum atomic E-state index is 5.24. The van der Waals surface area contributed by atoms with Crippen molar-refractivity contribution in [2.24, 2.45) is 5.92 Å². The van der Waals surface area contributed by atoms with Gasteiger partial charge in [0.2, 0.25) is 0 Å². The standard InChI is InChI=1S/C14H25N3OS/c1-11(2)15-8-13-10-19-14(16-13)17-6-4-12(5-7-17)9-18-3/h10-12,15H,4-9H2,1-3H3. The lowest BCUT2D eigenvalue weighted by Crippen LogP contribution is -2.35. The zero-order valence-corrected chi connectivity index (χ0v) is 13.0. The Kier molecular flexibility index (Phi) is 5.60. The highest BCUT2D eigenvalue weighted by Crippen LogP contribution is 2.26. The van der Waals surface area contributed by atoms with Gasteiger partial charge in [0.05, 0.1) is 5.69 Å². The maximum absolute atomic E-state index is 5.24. The Morgan fingerprint density at radius 1 is 1.47 bits per heavy atom. The zero-order chi connectivity index (χ0) is 13.7. The number of hydrogen-bond acceptors (Lipinski definition) is 5. The van der Waals surface area contributed by atoms with Crippen LogP contribution in [0.25, 0.3) is 0 Å². The Morgan fingerprint density at radius 2 is 2.21 bits per heavy atom. The van der Waals surface area contributed by atoms with E-state index in [0.29, 0.717) is 6.04 Å². The molecule has 0 atom stereocenters. The number of anilines is 1. The van der Waals surface area contributed by atoms with Crippen LogP contribution in [0.2, 0.25) is 0 Å². The number of ether oxygens (including phenoxy) is 1. The molecule has 0 radical (unpaired) electrons. The number of nitrogens with one attached hydrogen (secondary N) is 1. The van der Waals surface area contributed by atoms with E-state index in [1.807, 2.05) is 0 Å². The first-order valence-corrected chi connectivity index (χ1v) is 7.98. The highest BCUT2D eigenvalue weighted by Gasteiger charge is 2.21. The van der Waals surface area contributed by atoms with Gasteiger partial charge in [-0.3, -0.25) is 0 Å². The topological polar surface area (TPSA) is 37.4 Å². The average molecular weight is 283 g/mol. The molecule has 1 aliphatic heterocycles. The molecular weight excluding hydrogens is 258 g/mol. The first kappa shape index (κ1) is 14.8. The van der Waals surface area contributed by atoms with E-state index >= 15 is 0 Å². The van der Waals surface area contributed by atoms with Crippen molar-refractivity contribution >= 4 is 16.5 Å². The van der Waals surface area contributed by atoms with Gasteiger partial charge in [-0.1, -0.05) is 13.8 Å². The van der Waals surface area contributed by atoms with Crippen molar-refractivity contribution in [1.29, 1.82) is 0 Å². The number of aromatic nitrogens is 1. The number of nitrogens with zero attached hydrogens (tertiary/aromatic N) is 2. The van der Waals surface area contributed by atoms with Crippen LogP contribution in [0.4, 0.5) is 5.13 Å². The van der Waals surface area contributed by atoms with Gasteiger partial charge in [0.15, 0.2) is 5.13 Å². The van der Waals surface area contributed by atoms with Gasteiger partial charge >= 0.3 is 0 Å². The summed E-state index contributed by atoms with van der Waals surface area (Å²) < 4.78 is 5.24. The molecule has 1 fully saturated rings. The highest BCUT2D eigenvalue weighted by atomic mass is 32.1. The van der Waals surface area contributed by atoms with Crippen LogP contribution in [0, 0.1) is 5.92 Å². The molecule has 0 spiro atoms. The Hall–Kier alpha value is -0.650. The smallest absolute Gasteiger partial charge is 0.185 e. The fraction of sp³-hybridized carbons (Fsp3) is 0.786. The van der Waals surface area contributed by atoms with Gasteiger partial charge in [-0.05, 0) is 18.8 Å². The van der Waals surface area contributed by atoms with Crippen LogP contribution in [0.5, 0.6) is 0 Å². The molecule has 5 heteroatoms. The van der Waals surface area contributed by atoms with E-state index in [9.17, 15) is 0 Å². The third kappa shape index (κ3) is 4.44. The molecule has 1 aromatic heterocycles. The molecular formula is C14H25N3OS. The summed E-state index contributed by atoms with van der Waals surface area (Å²) in [6.07, 6.45) is 2.43. The molecule has 0 saturated carbocycles. The van der Waals surface area contributed by atoms with Crippen molar-refractivity contribution in [3.8, 4) is 0 Å². The number of methoxy groups -OCH3 is 1. The quantitative estimate of drug-likeness (QED) is 0.870. The molecule has 1 aromatic rings.